The summed E-state index contributed by atoms with van der Waals surface area (Å²) in [4.78, 5) is 0.164. The number of nitrogens with one attached hydrogen (secondary N) is 1. The minimum Gasteiger partial charge on any atom is -0.395 e. The quantitative estimate of drug-likeness (QED) is 0.730. The van der Waals surface area contributed by atoms with Crippen LogP contribution >= 0.6 is 31.9 Å². The van der Waals surface area contributed by atoms with Crippen LogP contribution in [0.2, 0.25) is 0 Å². The van der Waals surface area contributed by atoms with E-state index >= 15 is 0 Å². The average Bonchev–Trinajstić information content (AvgIpc) is 2.31. The number of hydrogen-bond acceptors (Lipinski definition) is 3. The predicted octanol–water partition coefficient (Wildman–Crippen LogP) is 3.21. The Kier molecular flexibility index (Phi) is 6.66. The van der Waals surface area contributed by atoms with E-state index in [0.717, 1.165) is 10.0 Å². The minimum atomic E-state index is -3.67. The zero-order chi connectivity index (χ0) is 15.5. The highest BCUT2D eigenvalue weighted by molar-refractivity contribution is 9.11. The number of benzene rings is 1. The van der Waals surface area contributed by atoms with E-state index in [4.69, 9.17) is 0 Å². The van der Waals surface area contributed by atoms with Gasteiger partial charge in [0.05, 0.1) is 11.5 Å². The van der Waals surface area contributed by atoms with Gasteiger partial charge in [-0.3, -0.25) is 0 Å². The second-order valence-corrected chi connectivity index (χ2v) is 8.55. The van der Waals surface area contributed by atoms with Crippen LogP contribution < -0.4 is 4.72 Å². The predicted molar refractivity (Wildman–Crippen MR) is 87.2 cm³/mol. The molecule has 1 aromatic rings. The molecule has 0 aliphatic carbocycles. The van der Waals surface area contributed by atoms with Gasteiger partial charge in [-0.05, 0) is 52.9 Å². The Morgan fingerprint density at radius 2 is 1.85 bits per heavy atom. The number of halogens is 2. The van der Waals surface area contributed by atoms with Crippen molar-refractivity contribution in [2.24, 2.45) is 5.92 Å². The summed E-state index contributed by atoms with van der Waals surface area (Å²) in [7, 11) is -3.67. The summed E-state index contributed by atoms with van der Waals surface area (Å²) < 4.78 is 28.6. The van der Waals surface area contributed by atoms with Crippen LogP contribution in [0.25, 0.3) is 0 Å². The molecule has 0 bridgehead atoms. The van der Waals surface area contributed by atoms with E-state index < -0.39 is 16.1 Å². The van der Waals surface area contributed by atoms with Crippen LogP contribution in [-0.2, 0) is 10.0 Å². The van der Waals surface area contributed by atoms with Gasteiger partial charge >= 0.3 is 0 Å². The summed E-state index contributed by atoms with van der Waals surface area (Å²) in [6.45, 7) is 5.63. The lowest BCUT2D eigenvalue weighted by Crippen LogP contribution is -2.38. The van der Waals surface area contributed by atoms with Gasteiger partial charge in [0.2, 0.25) is 10.0 Å². The third-order valence-corrected chi connectivity index (χ3v) is 6.13. The van der Waals surface area contributed by atoms with Gasteiger partial charge in [0.1, 0.15) is 0 Å². The topological polar surface area (TPSA) is 66.4 Å². The molecule has 0 fully saturated rings. The van der Waals surface area contributed by atoms with Gasteiger partial charge in [0.15, 0.2) is 0 Å². The molecule has 1 aromatic carbocycles. The molecule has 0 spiro atoms. The second-order valence-electron chi connectivity index (χ2n) is 5.16. The van der Waals surface area contributed by atoms with E-state index in [1.807, 2.05) is 20.8 Å². The largest absolute Gasteiger partial charge is 0.395 e. The molecular formula is C13H19Br2NO3S. The van der Waals surface area contributed by atoms with Crippen molar-refractivity contribution < 1.29 is 13.5 Å². The highest BCUT2D eigenvalue weighted by atomic mass is 79.9. The zero-order valence-electron chi connectivity index (χ0n) is 11.7. The molecule has 7 heteroatoms. The minimum absolute atomic E-state index is 0.164. The van der Waals surface area contributed by atoms with Crippen molar-refractivity contribution in [3.8, 4) is 0 Å². The fraction of sp³-hybridized carbons (Fsp3) is 0.538. The van der Waals surface area contributed by atoms with E-state index in [2.05, 4.69) is 36.6 Å². The normalized spacial score (nSPS) is 13.8. The van der Waals surface area contributed by atoms with Gasteiger partial charge in [0.25, 0.3) is 0 Å². The number of aliphatic hydroxyl groups excluding tert-OH is 1. The number of rotatable bonds is 6. The van der Waals surface area contributed by atoms with Gasteiger partial charge in [-0.15, -0.1) is 0 Å². The standard InChI is InChI=1S/C13H19Br2NO3S/c1-8(2)4-10(7-17)16-20(18,19)13-6-11(14)9(3)5-12(13)15/h5-6,8,10,16-17H,4,7H2,1-3H3. The molecule has 2 N–H and O–H groups in total. The molecular weight excluding hydrogens is 410 g/mol. The lowest BCUT2D eigenvalue weighted by Gasteiger charge is -2.19. The van der Waals surface area contributed by atoms with Crippen molar-refractivity contribution in [3.63, 3.8) is 0 Å². The highest BCUT2D eigenvalue weighted by Crippen LogP contribution is 2.29. The van der Waals surface area contributed by atoms with Crippen LogP contribution in [0, 0.1) is 12.8 Å². The Morgan fingerprint density at radius 1 is 1.25 bits per heavy atom. The molecule has 0 aromatic heterocycles. The molecule has 0 saturated heterocycles. The van der Waals surface area contributed by atoms with E-state index in [1.165, 1.54) is 0 Å². The van der Waals surface area contributed by atoms with Gasteiger partial charge in [-0.2, -0.15) is 0 Å². The molecule has 0 aliphatic rings. The van der Waals surface area contributed by atoms with E-state index in [1.54, 1.807) is 12.1 Å². The van der Waals surface area contributed by atoms with Crippen molar-refractivity contribution in [1.82, 2.24) is 4.72 Å². The van der Waals surface area contributed by atoms with Crippen LogP contribution in [0.15, 0.2) is 26.0 Å². The fourth-order valence-electron chi connectivity index (χ4n) is 1.85. The summed E-state index contributed by atoms with van der Waals surface area (Å²) in [5.74, 6) is 0.294. The Balaban J connectivity index is 3.08. The molecule has 0 amide bonds. The van der Waals surface area contributed by atoms with Gasteiger partial charge in [-0.25, -0.2) is 13.1 Å². The first-order valence-electron chi connectivity index (χ1n) is 6.26. The number of hydrogen-bond donors (Lipinski definition) is 2. The van der Waals surface area contributed by atoms with Crippen LogP contribution in [0.4, 0.5) is 0 Å². The highest BCUT2D eigenvalue weighted by Gasteiger charge is 2.23. The maximum Gasteiger partial charge on any atom is 0.242 e. The van der Waals surface area contributed by atoms with Gasteiger partial charge in [0, 0.05) is 15.0 Å². The van der Waals surface area contributed by atoms with Gasteiger partial charge < -0.3 is 5.11 Å². The average molecular weight is 429 g/mol. The van der Waals surface area contributed by atoms with E-state index in [9.17, 15) is 13.5 Å². The maximum absolute atomic E-state index is 12.4. The van der Waals surface area contributed by atoms with Crippen molar-refractivity contribution >= 4 is 41.9 Å². The molecule has 1 atom stereocenters. The molecule has 20 heavy (non-hydrogen) atoms. The molecule has 1 rings (SSSR count). The second kappa shape index (κ2) is 7.35. The molecule has 4 nitrogen and oxygen atoms in total. The van der Waals surface area contributed by atoms with E-state index in [-0.39, 0.29) is 11.5 Å². The molecule has 114 valence electrons. The summed E-state index contributed by atoms with van der Waals surface area (Å²) in [5, 5.41) is 9.31. The fourth-order valence-corrected chi connectivity index (χ4v) is 4.76. The third-order valence-electron chi connectivity index (χ3n) is 2.80. The summed E-state index contributed by atoms with van der Waals surface area (Å²) in [6.07, 6.45) is 0.584. The smallest absolute Gasteiger partial charge is 0.242 e. The number of aliphatic hydroxyl groups is 1. The van der Waals surface area contributed by atoms with Crippen LogP contribution in [0.5, 0.6) is 0 Å². The first-order valence-corrected chi connectivity index (χ1v) is 9.33. The molecule has 0 heterocycles. The monoisotopic (exact) mass is 427 g/mol. The lowest BCUT2D eigenvalue weighted by atomic mass is 10.1. The molecule has 0 aliphatic heterocycles. The van der Waals surface area contributed by atoms with Gasteiger partial charge in [-0.1, -0.05) is 29.8 Å². The lowest BCUT2D eigenvalue weighted by molar-refractivity contribution is 0.240. The SMILES string of the molecule is Cc1cc(Br)c(S(=O)(=O)NC(CO)CC(C)C)cc1Br. The summed E-state index contributed by atoms with van der Waals surface area (Å²) in [6, 6.07) is 2.83. The molecule has 1 unspecified atom stereocenters. The van der Waals surface area contributed by atoms with Crippen molar-refractivity contribution in [2.75, 3.05) is 6.61 Å². The Morgan fingerprint density at radius 3 is 2.35 bits per heavy atom. The first-order chi connectivity index (χ1) is 9.17. The van der Waals surface area contributed by atoms with E-state index in [0.29, 0.717) is 16.8 Å². The Labute approximate surface area is 137 Å². The molecule has 0 saturated carbocycles. The first kappa shape index (κ1) is 18.1. The van der Waals surface area contributed by atoms with Crippen LogP contribution in [0.3, 0.4) is 0 Å². The number of aryl methyl sites for hydroxylation is 1. The van der Waals surface area contributed by atoms with Crippen LogP contribution in [0.1, 0.15) is 25.8 Å². The van der Waals surface area contributed by atoms with Crippen LogP contribution in [-0.4, -0.2) is 26.2 Å². The summed E-state index contributed by atoms with van der Waals surface area (Å²) >= 11 is 6.61. The number of sulfonamides is 1. The maximum atomic E-state index is 12.4. The summed E-state index contributed by atoms with van der Waals surface area (Å²) in [5.41, 5.74) is 0.941. The van der Waals surface area contributed by atoms with Crippen molar-refractivity contribution in [3.05, 3.63) is 26.6 Å². The third kappa shape index (κ3) is 4.80. The Bertz CT molecular complexity index is 573. The Hall–Kier alpha value is 0.0500. The van der Waals surface area contributed by atoms with Crippen molar-refractivity contribution in [2.45, 2.75) is 38.1 Å². The molecule has 0 radical (unpaired) electrons. The van der Waals surface area contributed by atoms with Crippen molar-refractivity contribution in [1.29, 1.82) is 0 Å². The zero-order valence-corrected chi connectivity index (χ0v) is 15.6.